The molecule has 3 N–H and O–H groups in total. The van der Waals surface area contributed by atoms with Crippen LogP contribution < -0.4 is 4.72 Å². The maximum absolute atomic E-state index is 11.0. The molecule has 0 aliphatic carbocycles. The first kappa shape index (κ1) is 14.6. The quantitative estimate of drug-likeness (QED) is 0.527. The lowest BCUT2D eigenvalue weighted by molar-refractivity contribution is -0.112. The van der Waals surface area contributed by atoms with Crippen LogP contribution in [-0.2, 0) is 10.0 Å². The summed E-state index contributed by atoms with van der Waals surface area (Å²) in [5.41, 5.74) is -1.39. The molecule has 0 amide bonds. The Hall–Kier alpha value is -0.470. The van der Waals surface area contributed by atoms with Gasteiger partial charge in [0.2, 0.25) is 10.0 Å². The summed E-state index contributed by atoms with van der Waals surface area (Å²) in [5.74, 6) is 0. The zero-order valence-electron chi connectivity index (χ0n) is 9.96. The van der Waals surface area contributed by atoms with Crippen molar-refractivity contribution < 1.29 is 18.6 Å². The number of β-amino-alcohol motifs (C(OH)–C–C–N with tert-alkyl or cyclic N) is 1. The lowest BCUT2D eigenvalue weighted by Gasteiger charge is -2.41. The molecular formula is C10H20N2O4S. The second-order valence-corrected chi connectivity index (χ2v) is 6.34. The normalized spacial score (nSPS) is 31.4. The Labute approximate surface area is 102 Å². The molecule has 1 saturated heterocycles. The van der Waals surface area contributed by atoms with E-state index < -0.39 is 21.7 Å². The van der Waals surface area contributed by atoms with E-state index in [9.17, 15) is 18.6 Å². The number of nitrogens with one attached hydrogen (secondary N) is 1. The smallest absolute Gasteiger partial charge is 0.208 e. The van der Waals surface area contributed by atoms with E-state index in [1.54, 1.807) is 6.08 Å². The summed E-state index contributed by atoms with van der Waals surface area (Å²) in [4.78, 5) is 1.95. The van der Waals surface area contributed by atoms with E-state index in [0.717, 1.165) is 6.26 Å². The standard InChI is InChI=1S/C10H20N2O4S/c1-3-5-12-6-4-10(14,9(13)7-12)8-11-17(2,15)16/h3,9,11,13-14H,1,4-8H2,2H3/t9-,10-/m1/s1. The van der Waals surface area contributed by atoms with Crippen LogP contribution in [0.4, 0.5) is 0 Å². The third-order valence-corrected chi connectivity index (χ3v) is 3.61. The summed E-state index contributed by atoms with van der Waals surface area (Å²) in [5, 5.41) is 20.0. The van der Waals surface area contributed by atoms with Crippen molar-refractivity contribution in [2.24, 2.45) is 0 Å². The zero-order chi connectivity index (χ0) is 13.1. The van der Waals surface area contributed by atoms with Crippen molar-refractivity contribution in [2.75, 3.05) is 32.4 Å². The highest BCUT2D eigenvalue weighted by molar-refractivity contribution is 7.88. The van der Waals surface area contributed by atoms with Gasteiger partial charge in [0.1, 0.15) is 5.60 Å². The molecule has 1 heterocycles. The molecule has 1 aliphatic heterocycles. The average Bonchev–Trinajstić information content (AvgIpc) is 2.21. The molecule has 0 aromatic rings. The first-order chi connectivity index (χ1) is 7.77. The summed E-state index contributed by atoms with van der Waals surface area (Å²) in [6.45, 7) is 5.01. The summed E-state index contributed by atoms with van der Waals surface area (Å²) in [6, 6.07) is 0. The van der Waals surface area contributed by atoms with Crippen molar-refractivity contribution in [3.05, 3.63) is 12.7 Å². The summed E-state index contributed by atoms with van der Waals surface area (Å²) in [6.07, 6.45) is 2.11. The number of rotatable bonds is 5. The summed E-state index contributed by atoms with van der Waals surface area (Å²) < 4.78 is 24.2. The van der Waals surface area contributed by atoms with E-state index in [1.807, 2.05) is 4.90 Å². The molecule has 6 nitrogen and oxygen atoms in total. The van der Waals surface area contributed by atoms with Gasteiger partial charge in [-0.05, 0) is 6.42 Å². The maximum atomic E-state index is 11.0. The van der Waals surface area contributed by atoms with Gasteiger partial charge in [-0.25, -0.2) is 13.1 Å². The molecule has 0 unspecified atom stereocenters. The Morgan fingerprint density at radius 3 is 2.76 bits per heavy atom. The third-order valence-electron chi connectivity index (χ3n) is 2.94. The van der Waals surface area contributed by atoms with Crippen LogP contribution in [0.2, 0.25) is 0 Å². The molecule has 17 heavy (non-hydrogen) atoms. The number of hydrogen-bond donors (Lipinski definition) is 3. The van der Waals surface area contributed by atoms with E-state index in [1.165, 1.54) is 0 Å². The maximum Gasteiger partial charge on any atom is 0.208 e. The average molecular weight is 264 g/mol. The first-order valence-corrected chi connectivity index (χ1v) is 7.34. The van der Waals surface area contributed by atoms with E-state index in [0.29, 0.717) is 26.1 Å². The van der Waals surface area contributed by atoms with Crippen LogP contribution in [0, 0.1) is 0 Å². The van der Waals surface area contributed by atoms with Gasteiger partial charge in [0.05, 0.1) is 12.4 Å². The summed E-state index contributed by atoms with van der Waals surface area (Å²) >= 11 is 0. The highest BCUT2D eigenvalue weighted by Gasteiger charge is 2.40. The molecule has 0 saturated carbocycles. The van der Waals surface area contributed by atoms with Gasteiger partial charge in [0.25, 0.3) is 0 Å². The van der Waals surface area contributed by atoms with Gasteiger partial charge in [0.15, 0.2) is 0 Å². The second kappa shape index (κ2) is 5.45. The monoisotopic (exact) mass is 264 g/mol. The lowest BCUT2D eigenvalue weighted by Crippen LogP contribution is -2.60. The molecule has 0 bridgehead atoms. The SMILES string of the molecule is C=CCN1CC[C@@](O)(CNS(C)(=O)=O)[C@H](O)C1. The molecule has 100 valence electrons. The van der Waals surface area contributed by atoms with Crippen molar-refractivity contribution in [3.8, 4) is 0 Å². The highest BCUT2D eigenvalue weighted by Crippen LogP contribution is 2.22. The van der Waals surface area contributed by atoms with Gasteiger partial charge in [0, 0.05) is 26.2 Å². The Balaban J connectivity index is 2.57. The third kappa shape index (κ3) is 4.36. The number of hydrogen-bond acceptors (Lipinski definition) is 5. The number of sulfonamides is 1. The number of likely N-dealkylation sites (tertiary alicyclic amines) is 1. The topological polar surface area (TPSA) is 89.9 Å². The zero-order valence-corrected chi connectivity index (χ0v) is 10.8. The second-order valence-electron chi connectivity index (χ2n) is 4.51. The fraction of sp³-hybridized carbons (Fsp3) is 0.800. The minimum Gasteiger partial charge on any atom is -0.389 e. The molecule has 1 aliphatic rings. The van der Waals surface area contributed by atoms with Crippen LogP contribution in [0.1, 0.15) is 6.42 Å². The van der Waals surface area contributed by atoms with Crippen LogP contribution in [0.25, 0.3) is 0 Å². The minimum atomic E-state index is -3.36. The molecule has 1 rings (SSSR count). The highest BCUT2D eigenvalue weighted by atomic mass is 32.2. The fourth-order valence-electron chi connectivity index (χ4n) is 1.83. The van der Waals surface area contributed by atoms with Crippen LogP contribution >= 0.6 is 0 Å². The van der Waals surface area contributed by atoms with Crippen LogP contribution in [-0.4, -0.2) is 67.7 Å². The molecule has 0 spiro atoms. The van der Waals surface area contributed by atoms with Crippen molar-refractivity contribution in [3.63, 3.8) is 0 Å². The van der Waals surface area contributed by atoms with E-state index >= 15 is 0 Å². The number of nitrogens with zero attached hydrogens (tertiary/aromatic N) is 1. The van der Waals surface area contributed by atoms with Crippen molar-refractivity contribution >= 4 is 10.0 Å². The predicted octanol–water partition coefficient (Wildman–Crippen LogP) is -1.48. The number of aliphatic hydroxyl groups is 2. The summed E-state index contributed by atoms with van der Waals surface area (Å²) in [7, 11) is -3.36. The van der Waals surface area contributed by atoms with E-state index in [2.05, 4.69) is 11.3 Å². The number of aliphatic hydroxyl groups excluding tert-OH is 1. The first-order valence-electron chi connectivity index (χ1n) is 5.45. The predicted molar refractivity (Wildman–Crippen MR) is 65.1 cm³/mol. The van der Waals surface area contributed by atoms with E-state index in [4.69, 9.17) is 0 Å². The molecule has 1 fully saturated rings. The fourth-order valence-corrected chi connectivity index (χ4v) is 2.35. The van der Waals surface area contributed by atoms with Gasteiger partial charge in [-0.1, -0.05) is 6.08 Å². The van der Waals surface area contributed by atoms with Crippen molar-refractivity contribution in [1.82, 2.24) is 9.62 Å². The van der Waals surface area contributed by atoms with Gasteiger partial charge < -0.3 is 10.2 Å². The molecule has 0 aromatic heterocycles. The largest absolute Gasteiger partial charge is 0.389 e. The van der Waals surface area contributed by atoms with Crippen LogP contribution in [0.15, 0.2) is 12.7 Å². The lowest BCUT2D eigenvalue weighted by atomic mass is 9.89. The van der Waals surface area contributed by atoms with Gasteiger partial charge in [-0.3, -0.25) is 4.90 Å². The molecular weight excluding hydrogens is 244 g/mol. The molecule has 0 radical (unpaired) electrons. The minimum absolute atomic E-state index is 0.158. The van der Waals surface area contributed by atoms with Crippen molar-refractivity contribution in [1.29, 1.82) is 0 Å². The number of piperidine rings is 1. The van der Waals surface area contributed by atoms with Gasteiger partial charge in [-0.15, -0.1) is 6.58 Å². The van der Waals surface area contributed by atoms with Gasteiger partial charge in [-0.2, -0.15) is 0 Å². The Kier molecular flexibility index (Phi) is 4.68. The van der Waals surface area contributed by atoms with E-state index in [-0.39, 0.29) is 6.54 Å². The van der Waals surface area contributed by atoms with Crippen LogP contribution in [0.5, 0.6) is 0 Å². The van der Waals surface area contributed by atoms with Gasteiger partial charge >= 0.3 is 0 Å². The molecule has 0 aromatic carbocycles. The van der Waals surface area contributed by atoms with Crippen molar-refractivity contribution in [2.45, 2.75) is 18.1 Å². The Morgan fingerprint density at radius 1 is 1.65 bits per heavy atom. The molecule has 7 heteroatoms. The van der Waals surface area contributed by atoms with Crippen LogP contribution in [0.3, 0.4) is 0 Å². The Morgan fingerprint density at radius 2 is 2.29 bits per heavy atom. The Bertz CT molecular complexity index is 371. The molecule has 2 atom stereocenters.